The highest BCUT2D eigenvalue weighted by Gasteiger charge is 2.25. The Morgan fingerprint density at radius 2 is 2.00 bits per heavy atom. The molecule has 1 rings (SSSR count). The molecule has 0 spiro atoms. The summed E-state index contributed by atoms with van der Waals surface area (Å²) in [6.07, 6.45) is 2.47. The molecule has 4 heteroatoms. The first-order chi connectivity index (χ1) is 10.3. The van der Waals surface area contributed by atoms with E-state index >= 15 is 0 Å². The molecule has 4 nitrogen and oxygen atoms in total. The molecule has 0 saturated carbocycles. The molecule has 0 aliphatic heterocycles. The number of allylic oxidation sites excluding steroid dienone is 1. The molecule has 118 valence electrons. The number of benzene rings is 1. The van der Waals surface area contributed by atoms with Crippen LogP contribution in [0.15, 0.2) is 23.8 Å². The standard InChI is InChI=1S/C18H23NO3/c1-6-9-22-16-11-13(7-8-15(16)21-5)10-14(12-19)17(20)18(2,3)4/h7-8,10-11H,6,9H2,1-5H3/b14-10+. The van der Waals surface area contributed by atoms with Crippen molar-refractivity contribution in [3.63, 3.8) is 0 Å². The molecule has 0 amide bonds. The number of hydrogen-bond donors (Lipinski definition) is 0. The minimum atomic E-state index is -0.588. The summed E-state index contributed by atoms with van der Waals surface area (Å²) in [4.78, 5) is 12.2. The maximum absolute atomic E-state index is 12.2. The van der Waals surface area contributed by atoms with Gasteiger partial charge in [0.05, 0.1) is 19.3 Å². The summed E-state index contributed by atoms with van der Waals surface area (Å²) in [5.74, 6) is 1.06. The molecule has 0 N–H and O–H groups in total. The Morgan fingerprint density at radius 3 is 2.50 bits per heavy atom. The van der Waals surface area contributed by atoms with Gasteiger partial charge >= 0.3 is 0 Å². The lowest BCUT2D eigenvalue weighted by Crippen LogP contribution is -2.21. The normalized spacial score (nSPS) is 11.7. The van der Waals surface area contributed by atoms with Crippen LogP contribution in [0, 0.1) is 16.7 Å². The van der Waals surface area contributed by atoms with Gasteiger partial charge in [0.15, 0.2) is 17.3 Å². The van der Waals surface area contributed by atoms with Crippen molar-refractivity contribution in [1.82, 2.24) is 0 Å². The van der Waals surface area contributed by atoms with Gasteiger partial charge in [0.1, 0.15) is 6.07 Å². The van der Waals surface area contributed by atoms with Gasteiger partial charge in [0, 0.05) is 5.41 Å². The number of nitrogens with zero attached hydrogens (tertiary/aromatic N) is 1. The summed E-state index contributed by atoms with van der Waals surface area (Å²) in [5, 5.41) is 9.24. The monoisotopic (exact) mass is 301 g/mol. The first kappa shape index (κ1) is 17.8. The number of hydrogen-bond acceptors (Lipinski definition) is 4. The van der Waals surface area contributed by atoms with Crippen LogP contribution in [0.25, 0.3) is 6.08 Å². The molecule has 0 unspecified atom stereocenters. The maximum Gasteiger partial charge on any atom is 0.178 e. The zero-order valence-corrected chi connectivity index (χ0v) is 13.9. The molecule has 0 heterocycles. The quantitative estimate of drug-likeness (QED) is 0.588. The predicted molar refractivity (Wildman–Crippen MR) is 86.8 cm³/mol. The molecular formula is C18H23NO3. The highest BCUT2D eigenvalue weighted by atomic mass is 16.5. The fourth-order valence-corrected chi connectivity index (χ4v) is 1.83. The Kier molecular flexibility index (Phi) is 6.18. The van der Waals surface area contributed by atoms with Crippen LogP contribution in [0.1, 0.15) is 39.7 Å². The SMILES string of the molecule is CCCOc1cc(/C=C(\C#N)C(=O)C(C)(C)C)ccc1OC. The van der Waals surface area contributed by atoms with Gasteiger partial charge in [0.25, 0.3) is 0 Å². The van der Waals surface area contributed by atoms with E-state index in [-0.39, 0.29) is 11.4 Å². The first-order valence-corrected chi connectivity index (χ1v) is 7.31. The van der Waals surface area contributed by atoms with E-state index in [4.69, 9.17) is 9.47 Å². The Hall–Kier alpha value is -2.28. The van der Waals surface area contributed by atoms with Gasteiger partial charge in [-0.05, 0) is 30.2 Å². The zero-order valence-electron chi connectivity index (χ0n) is 13.9. The molecule has 0 fully saturated rings. The maximum atomic E-state index is 12.2. The van der Waals surface area contributed by atoms with Crippen molar-refractivity contribution < 1.29 is 14.3 Å². The van der Waals surface area contributed by atoms with Gasteiger partial charge in [-0.25, -0.2) is 0 Å². The van der Waals surface area contributed by atoms with Crippen LogP contribution < -0.4 is 9.47 Å². The molecule has 0 saturated heterocycles. The molecule has 22 heavy (non-hydrogen) atoms. The Balaban J connectivity index is 3.18. The number of Topliss-reactive ketones (excluding diaryl/α,β-unsaturated/α-hetero) is 1. The van der Waals surface area contributed by atoms with Crippen molar-refractivity contribution >= 4 is 11.9 Å². The third kappa shape index (κ3) is 4.63. The number of carbonyl (C=O) groups excluding carboxylic acids is 1. The van der Waals surface area contributed by atoms with Gasteiger partial charge < -0.3 is 9.47 Å². The average Bonchev–Trinajstić information content (AvgIpc) is 2.49. The second-order valence-corrected chi connectivity index (χ2v) is 6.01. The summed E-state index contributed by atoms with van der Waals surface area (Å²) in [5.41, 5.74) is 0.287. The summed E-state index contributed by atoms with van der Waals surface area (Å²) in [6, 6.07) is 7.33. The lowest BCUT2D eigenvalue weighted by Gasteiger charge is -2.15. The van der Waals surface area contributed by atoms with E-state index in [2.05, 4.69) is 0 Å². The van der Waals surface area contributed by atoms with Crippen LogP contribution in [0.3, 0.4) is 0 Å². The van der Waals surface area contributed by atoms with Crippen LogP contribution in [-0.2, 0) is 4.79 Å². The number of ketones is 1. The number of ether oxygens (including phenoxy) is 2. The second kappa shape index (κ2) is 7.65. The number of rotatable bonds is 6. The van der Waals surface area contributed by atoms with Crippen LogP contribution >= 0.6 is 0 Å². The van der Waals surface area contributed by atoms with E-state index in [0.717, 1.165) is 12.0 Å². The molecule has 0 aliphatic carbocycles. The Bertz CT molecular complexity index is 604. The molecular weight excluding hydrogens is 278 g/mol. The zero-order chi connectivity index (χ0) is 16.8. The molecule has 0 aliphatic rings. The van der Waals surface area contributed by atoms with Crippen molar-refractivity contribution in [2.75, 3.05) is 13.7 Å². The van der Waals surface area contributed by atoms with Gasteiger partial charge in [-0.2, -0.15) is 5.26 Å². The van der Waals surface area contributed by atoms with Crippen molar-refractivity contribution in [3.05, 3.63) is 29.3 Å². The van der Waals surface area contributed by atoms with Crippen LogP contribution in [0.2, 0.25) is 0 Å². The van der Waals surface area contributed by atoms with Crippen LogP contribution in [0.4, 0.5) is 0 Å². The van der Waals surface area contributed by atoms with E-state index in [1.54, 1.807) is 52.2 Å². The van der Waals surface area contributed by atoms with Crippen molar-refractivity contribution in [3.8, 4) is 17.6 Å². The summed E-state index contributed by atoms with van der Waals surface area (Å²) in [6.45, 7) is 7.99. The van der Waals surface area contributed by atoms with Crippen LogP contribution in [0.5, 0.6) is 11.5 Å². The predicted octanol–water partition coefficient (Wildman–Crippen LogP) is 4.01. The Morgan fingerprint density at radius 1 is 1.32 bits per heavy atom. The van der Waals surface area contributed by atoms with Crippen molar-refractivity contribution in [2.24, 2.45) is 5.41 Å². The van der Waals surface area contributed by atoms with E-state index in [0.29, 0.717) is 18.1 Å². The number of carbonyl (C=O) groups is 1. The fourth-order valence-electron chi connectivity index (χ4n) is 1.83. The van der Waals surface area contributed by atoms with Crippen molar-refractivity contribution in [2.45, 2.75) is 34.1 Å². The third-order valence-corrected chi connectivity index (χ3v) is 3.01. The molecule has 0 atom stereocenters. The van der Waals surface area contributed by atoms with Gasteiger partial charge in [-0.15, -0.1) is 0 Å². The minimum absolute atomic E-state index is 0.138. The molecule has 1 aromatic rings. The highest BCUT2D eigenvalue weighted by molar-refractivity contribution is 6.06. The van der Waals surface area contributed by atoms with Gasteiger partial charge in [-0.1, -0.05) is 33.8 Å². The lowest BCUT2D eigenvalue weighted by molar-refractivity contribution is -0.121. The van der Waals surface area contributed by atoms with Crippen LogP contribution in [-0.4, -0.2) is 19.5 Å². The lowest BCUT2D eigenvalue weighted by atomic mass is 9.86. The Labute approximate surface area is 132 Å². The molecule has 1 aromatic carbocycles. The minimum Gasteiger partial charge on any atom is -0.493 e. The first-order valence-electron chi connectivity index (χ1n) is 7.31. The molecule has 0 aromatic heterocycles. The summed E-state index contributed by atoms with van der Waals surface area (Å²) >= 11 is 0. The molecule has 0 radical (unpaired) electrons. The second-order valence-electron chi connectivity index (χ2n) is 6.01. The van der Waals surface area contributed by atoms with Crippen molar-refractivity contribution in [1.29, 1.82) is 5.26 Å². The fraction of sp³-hybridized carbons (Fsp3) is 0.444. The van der Waals surface area contributed by atoms with Gasteiger partial charge in [0.2, 0.25) is 0 Å². The van der Waals surface area contributed by atoms with E-state index < -0.39 is 5.41 Å². The molecule has 0 bridgehead atoms. The third-order valence-electron chi connectivity index (χ3n) is 3.01. The summed E-state index contributed by atoms with van der Waals surface area (Å²) < 4.78 is 10.9. The van der Waals surface area contributed by atoms with E-state index in [1.807, 2.05) is 13.0 Å². The largest absolute Gasteiger partial charge is 0.493 e. The summed E-state index contributed by atoms with van der Waals surface area (Å²) in [7, 11) is 1.58. The highest BCUT2D eigenvalue weighted by Crippen LogP contribution is 2.30. The van der Waals surface area contributed by atoms with Gasteiger partial charge in [-0.3, -0.25) is 4.79 Å². The topological polar surface area (TPSA) is 59.3 Å². The number of nitriles is 1. The van der Waals surface area contributed by atoms with E-state index in [1.165, 1.54) is 0 Å². The average molecular weight is 301 g/mol. The smallest absolute Gasteiger partial charge is 0.178 e. The number of methoxy groups -OCH3 is 1. The van der Waals surface area contributed by atoms with E-state index in [9.17, 15) is 10.1 Å².